The van der Waals surface area contributed by atoms with Gasteiger partial charge >= 0.3 is 0 Å². The van der Waals surface area contributed by atoms with Crippen LogP contribution in [0.2, 0.25) is 0 Å². The van der Waals surface area contributed by atoms with Gasteiger partial charge in [0.1, 0.15) is 0 Å². The summed E-state index contributed by atoms with van der Waals surface area (Å²) in [5, 5.41) is 0. The molecular formula is C21H26O6S. The molecule has 3 atom stereocenters. The molecule has 0 unspecified atom stereocenters. The van der Waals surface area contributed by atoms with E-state index in [2.05, 4.69) is 0 Å². The highest BCUT2D eigenvalue weighted by molar-refractivity contribution is 7.86. The lowest BCUT2D eigenvalue weighted by molar-refractivity contribution is -0.217. The Balaban J connectivity index is 1.57. The van der Waals surface area contributed by atoms with Crippen molar-refractivity contribution in [3.8, 4) is 0 Å². The number of aryl methyl sites for hydroxylation is 1. The van der Waals surface area contributed by atoms with Crippen LogP contribution in [0.4, 0.5) is 0 Å². The van der Waals surface area contributed by atoms with Gasteiger partial charge in [0.25, 0.3) is 10.1 Å². The van der Waals surface area contributed by atoms with Gasteiger partial charge in [0.2, 0.25) is 0 Å². The van der Waals surface area contributed by atoms with Gasteiger partial charge in [-0.3, -0.25) is 4.18 Å². The van der Waals surface area contributed by atoms with Crippen molar-refractivity contribution in [2.75, 3.05) is 13.7 Å². The summed E-state index contributed by atoms with van der Waals surface area (Å²) < 4.78 is 47.1. The minimum absolute atomic E-state index is 0.0821. The van der Waals surface area contributed by atoms with E-state index < -0.39 is 22.5 Å². The van der Waals surface area contributed by atoms with Gasteiger partial charge in [0.05, 0.1) is 30.3 Å². The van der Waals surface area contributed by atoms with E-state index in [0.29, 0.717) is 19.4 Å². The van der Waals surface area contributed by atoms with Gasteiger partial charge in [0, 0.05) is 20.0 Å². The molecule has 0 aromatic heterocycles. The van der Waals surface area contributed by atoms with Gasteiger partial charge < -0.3 is 14.2 Å². The van der Waals surface area contributed by atoms with E-state index in [0.717, 1.165) is 11.1 Å². The molecule has 7 heteroatoms. The Hall–Kier alpha value is -1.77. The average molecular weight is 407 g/mol. The minimum atomic E-state index is -3.83. The van der Waals surface area contributed by atoms with Crippen molar-refractivity contribution in [3.63, 3.8) is 0 Å². The van der Waals surface area contributed by atoms with Crippen LogP contribution in [-0.4, -0.2) is 40.6 Å². The predicted molar refractivity (Wildman–Crippen MR) is 104 cm³/mol. The Morgan fingerprint density at radius 3 is 2.43 bits per heavy atom. The van der Waals surface area contributed by atoms with E-state index in [4.69, 9.17) is 18.4 Å². The maximum absolute atomic E-state index is 12.4. The van der Waals surface area contributed by atoms with E-state index >= 15 is 0 Å². The Labute approximate surface area is 166 Å². The number of hydrogen-bond donors (Lipinski definition) is 0. The summed E-state index contributed by atoms with van der Waals surface area (Å²) in [5.41, 5.74) is 2.06. The molecule has 1 fully saturated rings. The second-order valence-electron chi connectivity index (χ2n) is 6.87. The molecule has 1 heterocycles. The number of rotatable bonds is 8. The molecule has 28 heavy (non-hydrogen) atoms. The molecule has 2 aromatic rings. The lowest BCUT2D eigenvalue weighted by Gasteiger charge is -2.34. The van der Waals surface area contributed by atoms with Crippen LogP contribution in [0.15, 0.2) is 59.5 Å². The van der Waals surface area contributed by atoms with E-state index in [-0.39, 0.29) is 17.6 Å². The summed E-state index contributed by atoms with van der Waals surface area (Å²) in [4.78, 5) is 0.133. The Kier molecular flexibility index (Phi) is 7.20. The van der Waals surface area contributed by atoms with Gasteiger partial charge in [-0.15, -0.1) is 0 Å². The van der Waals surface area contributed by atoms with Crippen molar-refractivity contribution >= 4 is 10.1 Å². The molecule has 2 aromatic carbocycles. The van der Waals surface area contributed by atoms with Gasteiger partial charge in [0.15, 0.2) is 6.29 Å². The van der Waals surface area contributed by atoms with Gasteiger partial charge in [-0.05, 0) is 24.6 Å². The van der Waals surface area contributed by atoms with Crippen molar-refractivity contribution < 1.29 is 26.8 Å². The maximum Gasteiger partial charge on any atom is 0.297 e. The molecule has 3 rings (SSSR count). The summed E-state index contributed by atoms with van der Waals surface area (Å²) in [6.45, 7) is 2.30. The number of benzene rings is 2. The zero-order chi connectivity index (χ0) is 20.0. The zero-order valence-electron chi connectivity index (χ0n) is 16.1. The third-order valence-electron chi connectivity index (χ3n) is 4.64. The van der Waals surface area contributed by atoms with E-state index in [9.17, 15) is 8.42 Å². The topological polar surface area (TPSA) is 71.1 Å². The monoisotopic (exact) mass is 406 g/mol. The molecule has 1 saturated heterocycles. The average Bonchev–Trinajstić information content (AvgIpc) is 2.72. The van der Waals surface area contributed by atoms with Crippen LogP contribution < -0.4 is 0 Å². The molecule has 6 nitrogen and oxygen atoms in total. The second kappa shape index (κ2) is 9.62. The van der Waals surface area contributed by atoms with E-state index in [1.165, 1.54) is 12.1 Å². The first-order chi connectivity index (χ1) is 13.5. The fraction of sp³-hybridized carbons (Fsp3) is 0.429. The highest BCUT2D eigenvalue weighted by atomic mass is 32.2. The molecule has 0 aliphatic carbocycles. The van der Waals surface area contributed by atoms with Crippen LogP contribution in [-0.2, 0) is 35.1 Å². The molecule has 1 aliphatic rings. The van der Waals surface area contributed by atoms with Gasteiger partial charge in [-0.25, -0.2) is 0 Å². The summed E-state index contributed by atoms with van der Waals surface area (Å²) in [5.74, 6) is 0. The third kappa shape index (κ3) is 5.86. The normalized spacial score (nSPS) is 22.9. The predicted octanol–water partition coefficient (Wildman–Crippen LogP) is 3.44. The molecule has 152 valence electrons. The van der Waals surface area contributed by atoms with Crippen molar-refractivity contribution in [1.82, 2.24) is 0 Å². The molecule has 0 N–H and O–H groups in total. The molecule has 1 aliphatic heterocycles. The lowest BCUT2D eigenvalue weighted by Crippen LogP contribution is -2.40. The van der Waals surface area contributed by atoms with Crippen LogP contribution in [0.25, 0.3) is 0 Å². The fourth-order valence-electron chi connectivity index (χ4n) is 3.05. The molecule has 0 radical (unpaired) electrons. The molecular weight excluding hydrogens is 380 g/mol. The first kappa shape index (κ1) is 21.0. The first-order valence-electron chi connectivity index (χ1n) is 9.26. The highest BCUT2D eigenvalue weighted by Crippen LogP contribution is 2.25. The standard InChI is InChI=1S/C21H26O6S/c1-16-8-10-20(11-9-16)28(22,23)26-15-19-12-18(13-21(24-2)27-19)25-14-17-6-4-3-5-7-17/h3-11,18-19,21H,12-15H2,1-2H3/t18-,19-,21-/m0/s1. The zero-order valence-corrected chi connectivity index (χ0v) is 16.9. The number of ether oxygens (including phenoxy) is 3. The van der Waals surface area contributed by atoms with Crippen molar-refractivity contribution in [3.05, 3.63) is 65.7 Å². The SMILES string of the molecule is CO[C@@H]1C[C@@H](OCc2ccccc2)C[C@@H](COS(=O)(=O)c2ccc(C)cc2)O1. The number of methoxy groups -OCH3 is 1. The van der Waals surface area contributed by atoms with Crippen LogP contribution >= 0.6 is 0 Å². The molecule has 0 amide bonds. The van der Waals surface area contributed by atoms with Crippen LogP contribution in [0.5, 0.6) is 0 Å². The summed E-state index contributed by atoms with van der Waals surface area (Å²) >= 11 is 0. The lowest BCUT2D eigenvalue weighted by atomic mass is 10.1. The second-order valence-corrected chi connectivity index (χ2v) is 8.48. The highest BCUT2D eigenvalue weighted by Gasteiger charge is 2.31. The third-order valence-corrected chi connectivity index (χ3v) is 5.93. The Morgan fingerprint density at radius 1 is 1.04 bits per heavy atom. The van der Waals surface area contributed by atoms with E-state index in [1.54, 1.807) is 19.2 Å². The van der Waals surface area contributed by atoms with Crippen LogP contribution in [0.3, 0.4) is 0 Å². The summed E-state index contributed by atoms with van der Waals surface area (Å²) in [6.07, 6.45) is 0.139. The van der Waals surface area contributed by atoms with Crippen LogP contribution in [0, 0.1) is 6.92 Å². The summed E-state index contributed by atoms with van der Waals surface area (Å²) in [6, 6.07) is 16.4. The van der Waals surface area contributed by atoms with Crippen LogP contribution in [0.1, 0.15) is 24.0 Å². The van der Waals surface area contributed by atoms with E-state index in [1.807, 2.05) is 37.3 Å². The maximum atomic E-state index is 12.4. The van der Waals surface area contributed by atoms with Crippen molar-refractivity contribution in [2.24, 2.45) is 0 Å². The molecule has 0 bridgehead atoms. The first-order valence-corrected chi connectivity index (χ1v) is 10.7. The van der Waals surface area contributed by atoms with Crippen molar-refractivity contribution in [2.45, 2.75) is 49.8 Å². The smallest absolute Gasteiger partial charge is 0.297 e. The quantitative estimate of drug-likeness (QED) is 0.626. The van der Waals surface area contributed by atoms with Crippen molar-refractivity contribution in [1.29, 1.82) is 0 Å². The van der Waals surface area contributed by atoms with Gasteiger partial charge in [-0.1, -0.05) is 48.0 Å². The molecule has 0 spiro atoms. The van der Waals surface area contributed by atoms with Gasteiger partial charge in [-0.2, -0.15) is 8.42 Å². The molecule has 0 saturated carbocycles. The number of hydrogen-bond acceptors (Lipinski definition) is 6. The Morgan fingerprint density at radius 2 is 1.75 bits per heavy atom. The minimum Gasteiger partial charge on any atom is -0.373 e. The largest absolute Gasteiger partial charge is 0.373 e. The fourth-order valence-corrected chi connectivity index (χ4v) is 3.99. The summed E-state index contributed by atoms with van der Waals surface area (Å²) in [7, 11) is -2.27. The Bertz CT molecular complexity index is 835.